The van der Waals surface area contributed by atoms with Crippen LogP contribution in [0.3, 0.4) is 0 Å². The summed E-state index contributed by atoms with van der Waals surface area (Å²) < 4.78 is 14.8. The van der Waals surface area contributed by atoms with E-state index in [1.54, 1.807) is 24.4 Å². The van der Waals surface area contributed by atoms with Gasteiger partial charge in [-0.05, 0) is 47.5 Å². The molecule has 0 aliphatic carbocycles. The number of anilines is 1. The first-order valence-electron chi connectivity index (χ1n) is 12.0. The number of hydrogen-bond acceptors (Lipinski definition) is 7. The molecule has 0 bridgehead atoms. The average molecular weight is 516 g/mol. The third-order valence-electron chi connectivity index (χ3n) is 6.35. The predicted octanol–water partition coefficient (Wildman–Crippen LogP) is 4.88. The predicted molar refractivity (Wildman–Crippen MR) is 144 cm³/mol. The Kier molecular flexibility index (Phi) is 7.32. The summed E-state index contributed by atoms with van der Waals surface area (Å²) in [5.74, 6) is -0.204. The van der Waals surface area contributed by atoms with E-state index in [2.05, 4.69) is 38.8 Å². The number of aromatic nitrogens is 2. The number of nitrogens with one attached hydrogen (secondary N) is 1. The van der Waals surface area contributed by atoms with Crippen LogP contribution in [-0.2, 0) is 11.2 Å². The third-order valence-corrected chi connectivity index (χ3v) is 7.16. The minimum absolute atomic E-state index is 0.269. The molecular formula is C28H26FN5O2S. The standard InChI is InChI=1S/C28H26FN5O2S/c1-19(14-20-6-3-2-4-7-20)33-10-5-11-34(13-12-33)26-18-30-17-24(31-26)22-15-21(8-9-23(22)29)16-25-27(35)32-28(36)37-25/h2-4,6-9,15-18H,1,5,10-14H2,(H,32,35,36). The summed E-state index contributed by atoms with van der Waals surface area (Å²) in [6, 6.07) is 14.8. The second kappa shape index (κ2) is 11.0. The monoisotopic (exact) mass is 515 g/mol. The lowest BCUT2D eigenvalue weighted by atomic mass is 10.1. The Morgan fingerprint density at radius 3 is 2.70 bits per heavy atom. The van der Waals surface area contributed by atoms with Crippen LogP contribution in [-0.4, -0.2) is 52.2 Å². The van der Waals surface area contributed by atoms with Crippen molar-refractivity contribution in [2.24, 2.45) is 0 Å². The van der Waals surface area contributed by atoms with E-state index in [9.17, 15) is 14.0 Å². The Labute approximate surface area is 219 Å². The number of allylic oxidation sites excluding steroid dienone is 1. The minimum atomic E-state index is -0.454. The zero-order valence-corrected chi connectivity index (χ0v) is 21.0. The van der Waals surface area contributed by atoms with Gasteiger partial charge in [-0.15, -0.1) is 0 Å². The summed E-state index contributed by atoms with van der Waals surface area (Å²) in [4.78, 5) is 37.2. The minimum Gasteiger partial charge on any atom is -0.373 e. The van der Waals surface area contributed by atoms with Gasteiger partial charge in [-0.25, -0.2) is 9.37 Å². The first-order chi connectivity index (χ1) is 18.0. The summed E-state index contributed by atoms with van der Waals surface area (Å²) in [5, 5.41) is 1.80. The molecule has 2 aliphatic heterocycles. The first-order valence-corrected chi connectivity index (χ1v) is 12.9. The van der Waals surface area contributed by atoms with Crippen LogP contribution >= 0.6 is 11.8 Å². The number of rotatable bonds is 6. The summed E-state index contributed by atoms with van der Waals surface area (Å²) in [5.41, 5.74) is 3.62. The molecule has 1 aromatic heterocycles. The summed E-state index contributed by atoms with van der Waals surface area (Å²) in [6.45, 7) is 7.60. The lowest BCUT2D eigenvalue weighted by Crippen LogP contribution is -2.31. The van der Waals surface area contributed by atoms with Gasteiger partial charge in [0.15, 0.2) is 0 Å². The van der Waals surface area contributed by atoms with E-state index in [1.807, 2.05) is 18.2 Å². The summed E-state index contributed by atoms with van der Waals surface area (Å²) >= 11 is 0.823. The maximum absolute atomic E-state index is 14.8. The molecule has 2 amide bonds. The Balaban J connectivity index is 1.31. The van der Waals surface area contributed by atoms with E-state index in [0.717, 1.165) is 56.5 Å². The van der Waals surface area contributed by atoms with E-state index in [-0.39, 0.29) is 10.5 Å². The van der Waals surface area contributed by atoms with Crippen molar-refractivity contribution in [3.63, 3.8) is 0 Å². The topological polar surface area (TPSA) is 78.4 Å². The zero-order chi connectivity index (χ0) is 25.8. The molecule has 2 aliphatic rings. The quantitative estimate of drug-likeness (QED) is 0.469. The Morgan fingerprint density at radius 2 is 1.92 bits per heavy atom. The Hall–Kier alpha value is -3.98. The fourth-order valence-corrected chi connectivity index (χ4v) is 5.13. The molecule has 188 valence electrons. The highest BCUT2D eigenvalue weighted by Crippen LogP contribution is 2.29. The molecule has 1 N–H and O–H groups in total. The van der Waals surface area contributed by atoms with Crippen molar-refractivity contribution < 1.29 is 14.0 Å². The normalized spacial score (nSPS) is 17.2. The summed E-state index contributed by atoms with van der Waals surface area (Å²) in [6.07, 6.45) is 6.56. The van der Waals surface area contributed by atoms with Crippen LogP contribution in [0.25, 0.3) is 17.3 Å². The van der Waals surface area contributed by atoms with Gasteiger partial charge in [0, 0.05) is 43.9 Å². The number of carbonyl (C=O) groups is 2. The molecular weight excluding hydrogens is 489 g/mol. The number of nitrogens with zero attached hydrogens (tertiary/aromatic N) is 4. The van der Waals surface area contributed by atoms with Gasteiger partial charge in [0.2, 0.25) is 0 Å². The van der Waals surface area contributed by atoms with Crippen molar-refractivity contribution >= 4 is 34.8 Å². The smallest absolute Gasteiger partial charge is 0.290 e. The molecule has 9 heteroatoms. The van der Waals surface area contributed by atoms with Gasteiger partial charge in [0.1, 0.15) is 11.6 Å². The molecule has 0 radical (unpaired) electrons. The fraction of sp³-hybridized carbons (Fsp3) is 0.214. The molecule has 7 nitrogen and oxygen atoms in total. The molecule has 3 aromatic rings. The van der Waals surface area contributed by atoms with E-state index in [0.29, 0.717) is 17.1 Å². The number of thioether (sulfide) groups is 1. The molecule has 0 saturated carbocycles. The van der Waals surface area contributed by atoms with Crippen molar-refractivity contribution in [3.05, 3.63) is 95.0 Å². The van der Waals surface area contributed by atoms with Crippen LogP contribution in [0, 0.1) is 5.82 Å². The van der Waals surface area contributed by atoms with Crippen LogP contribution in [0.4, 0.5) is 15.0 Å². The van der Waals surface area contributed by atoms with Crippen LogP contribution in [0.1, 0.15) is 17.5 Å². The molecule has 0 spiro atoms. The van der Waals surface area contributed by atoms with Crippen LogP contribution in [0.5, 0.6) is 0 Å². The van der Waals surface area contributed by atoms with Gasteiger partial charge in [-0.1, -0.05) is 43.0 Å². The highest BCUT2D eigenvalue weighted by molar-refractivity contribution is 8.18. The molecule has 0 atom stereocenters. The molecule has 5 rings (SSSR count). The second-order valence-corrected chi connectivity index (χ2v) is 9.93. The molecule has 2 saturated heterocycles. The van der Waals surface area contributed by atoms with Gasteiger partial charge in [-0.3, -0.25) is 19.9 Å². The number of benzene rings is 2. The van der Waals surface area contributed by atoms with Gasteiger partial charge in [-0.2, -0.15) is 0 Å². The Bertz CT molecular complexity index is 1380. The number of carbonyl (C=O) groups excluding carboxylic acids is 2. The molecule has 2 fully saturated rings. The zero-order valence-electron chi connectivity index (χ0n) is 20.2. The lowest BCUT2D eigenvalue weighted by Gasteiger charge is -2.26. The van der Waals surface area contributed by atoms with Gasteiger partial charge < -0.3 is 9.80 Å². The SMILES string of the molecule is C=C(Cc1ccccc1)N1CCCN(c2cncc(-c3cc(C=C4SC(=O)NC4=O)ccc3F)n2)CC1. The molecule has 37 heavy (non-hydrogen) atoms. The van der Waals surface area contributed by atoms with E-state index in [4.69, 9.17) is 4.98 Å². The van der Waals surface area contributed by atoms with Crippen molar-refractivity contribution in [2.75, 3.05) is 31.1 Å². The second-order valence-electron chi connectivity index (χ2n) is 8.91. The van der Waals surface area contributed by atoms with Crippen LogP contribution in [0.2, 0.25) is 0 Å². The number of imide groups is 1. The number of halogens is 1. The molecule has 3 heterocycles. The van der Waals surface area contributed by atoms with Crippen LogP contribution < -0.4 is 10.2 Å². The van der Waals surface area contributed by atoms with E-state index in [1.165, 1.54) is 17.8 Å². The van der Waals surface area contributed by atoms with E-state index < -0.39 is 17.0 Å². The van der Waals surface area contributed by atoms with Gasteiger partial charge in [0.25, 0.3) is 11.1 Å². The van der Waals surface area contributed by atoms with Crippen LogP contribution in [0.15, 0.2) is 78.1 Å². The molecule has 0 unspecified atom stereocenters. The highest BCUT2D eigenvalue weighted by Gasteiger charge is 2.25. The van der Waals surface area contributed by atoms with Crippen molar-refractivity contribution in [3.8, 4) is 11.3 Å². The lowest BCUT2D eigenvalue weighted by molar-refractivity contribution is -0.115. The van der Waals surface area contributed by atoms with E-state index >= 15 is 0 Å². The highest BCUT2D eigenvalue weighted by atomic mass is 32.2. The number of hydrogen-bond donors (Lipinski definition) is 1. The van der Waals surface area contributed by atoms with Gasteiger partial charge >= 0.3 is 0 Å². The fourth-order valence-electron chi connectivity index (χ4n) is 4.45. The van der Waals surface area contributed by atoms with Crippen molar-refractivity contribution in [1.82, 2.24) is 20.2 Å². The summed E-state index contributed by atoms with van der Waals surface area (Å²) in [7, 11) is 0. The molecule has 2 aromatic carbocycles. The maximum atomic E-state index is 14.8. The first kappa shape index (κ1) is 24.7. The van der Waals surface area contributed by atoms with Gasteiger partial charge in [0.05, 0.1) is 23.0 Å². The largest absolute Gasteiger partial charge is 0.373 e. The van der Waals surface area contributed by atoms with Crippen molar-refractivity contribution in [2.45, 2.75) is 12.8 Å². The number of amides is 2. The average Bonchev–Trinajstić information content (AvgIpc) is 3.08. The van der Waals surface area contributed by atoms with Crippen molar-refractivity contribution in [1.29, 1.82) is 0 Å². The Morgan fingerprint density at radius 1 is 1.08 bits per heavy atom. The third kappa shape index (κ3) is 5.89. The maximum Gasteiger partial charge on any atom is 0.290 e.